The minimum absolute atomic E-state index is 0.158. The summed E-state index contributed by atoms with van der Waals surface area (Å²) in [7, 11) is 0. The molecule has 4 rings (SSSR count). The van der Waals surface area contributed by atoms with Crippen LogP contribution < -0.4 is 14.4 Å². The molecule has 1 saturated heterocycles. The summed E-state index contributed by atoms with van der Waals surface area (Å²) < 4.78 is 11.7. The maximum Gasteiger partial charge on any atom is 0.231 e. The molecule has 0 bridgehead atoms. The summed E-state index contributed by atoms with van der Waals surface area (Å²) in [4.78, 5) is 14.4. The highest BCUT2D eigenvalue weighted by molar-refractivity contribution is 6.15. The fourth-order valence-corrected chi connectivity index (χ4v) is 4.24. The number of fused-ring (bicyclic) bond motifs is 1. The third-order valence-corrected chi connectivity index (χ3v) is 5.91. The predicted octanol–water partition coefficient (Wildman–Crippen LogP) is 3.36. The number of carbonyl (C=O) groups excluding carboxylic acids is 1. The highest BCUT2D eigenvalue weighted by Gasteiger charge is 2.34. The van der Waals surface area contributed by atoms with Crippen molar-refractivity contribution in [1.29, 1.82) is 0 Å². The number of para-hydroxylation sites is 1. The summed E-state index contributed by atoms with van der Waals surface area (Å²) in [5.74, 6) is 1.51. The summed E-state index contributed by atoms with van der Waals surface area (Å²) >= 11 is 0. The van der Waals surface area contributed by atoms with E-state index < -0.39 is 0 Å². The lowest BCUT2D eigenvalue weighted by Crippen LogP contribution is -3.14. The Kier molecular flexibility index (Phi) is 5.58. The molecule has 0 spiro atoms. The van der Waals surface area contributed by atoms with Crippen LogP contribution in [0.3, 0.4) is 0 Å². The molecule has 152 valence electrons. The van der Waals surface area contributed by atoms with Crippen molar-refractivity contribution in [2.45, 2.75) is 45.7 Å². The molecule has 2 heterocycles. The number of carbonyl (C=O) groups is 1. The molecule has 5 nitrogen and oxygen atoms in total. The Balaban J connectivity index is 1.66. The molecule has 29 heavy (non-hydrogen) atoms. The number of phenolic OH excluding ortho intramolecular Hbond substituents is 1. The topological polar surface area (TPSA) is 60.2 Å². The molecule has 2 aliphatic heterocycles. The molecule has 2 atom stereocenters. The van der Waals surface area contributed by atoms with E-state index in [2.05, 4.69) is 6.92 Å². The summed E-state index contributed by atoms with van der Waals surface area (Å²) in [5, 5.41) is 10.5. The lowest BCUT2D eigenvalue weighted by Gasteiger charge is -2.30. The molecule has 0 amide bonds. The minimum atomic E-state index is -0.158. The van der Waals surface area contributed by atoms with E-state index in [1.807, 2.05) is 31.2 Å². The smallest absolute Gasteiger partial charge is 0.231 e. The number of quaternary nitrogens is 1. The summed E-state index contributed by atoms with van der Waals surface area (Å²) in [6, 6.07) is 11.4. The molecule has 5 heteroatoms. The van der Waals surface area contributed by atoms with Gasteiger partial charge in [0.05, 0.1) is 30.3 Å². The molecule has 0 radical (unpaired) electrons. The van der Waals surface area contributed by atoms with Gasteiger partial charge in [0, 0.05) is 5.56 Å². The van der Waals surface area contributed by atoms with Gasteiger partial charge in [-0.15, -0.1) is 0 Å². The highest BCUT2D eigenvalue weighted by atomic mass is 16.5. The first-order chi connectivity index (χ1) is 14.1. The Hall–Kier alpha value is -2.79. The van der Waals surface area contributed by atoms with Gasteiger partial charge in [-0.25, -0.2) is 0 Å². The average molecular weight is 394 g/mol. The first kappa shape index (κ1) is 19.5. The number of piperidine rings is 1. The number of allylic oxidation sites excluding steroid dienone is 1. The van der Waals surface area contributed by atoms with Gasteiger partial charge in [-0.05, 0) is 57.4 Å². The third-order valence-electron chi connectivity index (χ3n) is 5.91. The van der Waals surface area contributed by atoms with Crippen LogP contribution >= 0.6 is 0 Å². The molecular formula is C24H28NO4+. The molecule has 0 aliphatic carbocycles. The normalized spacial score (nSPS) is 22.4. The van der Waals surface area contributed by atoms with E-state index in [0.717, 1.165) is 17.7 Å². The Morgan fingerprint density at radius 2 is 2.07 bits per heavy atom. The van der Waals surface area contributed by atoms with E-state index in [9.17, 15) is 9.90 Å². The van der Waals surface area contributed by atoms with Gasteiger partial charge in [0.1, 0.15) is 18.0 Å². The summed E-state index contributed by atoms with van der Waals surface area (Å²) in [6.45, 7) is 6.45. The SMILES string of the molecule is CCOc1ccccc1/C=C1\Oc2c(ccc(O)c2C[NH+]2CCCC[C@H]2C)C1=O. The van der Waals surface area contributed by atoms with Crippen LogP contribution in [0, 0.1) is 0 Å². The second-order valence-electron chi connectivity index (χ2n) is 7.83. The predicted molar refractivity (Wildman–Crippen MR) is 112 cm³/mol. The summed E-state index contributed by atoms with van der Waals surface area (Å²) in [5.41, 5.74) is 2.04. The fraction of sp³-hybridized carbons (Fsp3) is 0.375. The van der Waals surface area contributed by atoms with Gasteiger partial charge < -0.3 is 19.5 Å². The van der Waals surface area contributed by atoms with Crippen LogP contribution in [0.25, 0.3) is 6.08 Å². The lowest BCUT2D eigenvalue weighted by atomic mass is 10.0. The zero-order valence-corrected chi connectivity index (χ0v) is 17.0. The Labute approximate surface area is 171 Å². The van der Waals surface area contributed by atoms with E-state index in [0.29, 0.717) is 36.3 Å². The standard InChI is InChI=1S/C24H27NO4/c1-3-28-21-10-5-4-9-17(21)14-22-23(27)18-11-12-20(26)19(24(18)29-22)15-25-13-7-6-8-16(25)2/h4-5,9-12,14,16,26H,3,6-8,13,15H2,1-2H3/p+1/b22-14-/t16-/m1/s1. The van der Waals surface area contributed by atoms with E-state index in [1.54, 1.807) is 18.2 Å². The molecule has 1 unspecified atom stereocenters. The molecule has 2 aromatic carbocycles. The monoisotopic (exact) mass is 394 g/mol. The third kappa shape index (κ3) is 3.87. The van der Waals surface area contributed by atoms with Crippen molar-refractivity contribution in [1.82, 2.24) is 0 Å². The van der Waals surface area contributed by atoms with Crippen LogP contribution in [0.4, 0.5) is 0 Å². The van der Waals surface area contributed by atoms with Crippen molar-refractivity contribution in [3.8, 4) is 17.2 Å². The van der Waals surface area contributed by atoms with Crippen molar-refractivity contribution in [2.24, 2.45) is 0 Å². The van der Waals surface area contributed by atoms with E-state index >= 15 is 0 Å². The number of ether oxygens (including phenoxy) is 2. The van der Waals surface area contributed by atoms with Crippen molar-refractivity contribution in [2.75, 3.05) is 13.2 Å². The van der Waals surface area contributed by atoms with Crippen molar-refractivity contribution >= 4 is 11.9 Å². The zero-order valence-electron chi connectivity index (χ0n) is 17.0. The molecular weight excluding hydrogens is 366 g/mol. The van der Waals surface area contributed by atoms with Crippen molar-refractivity contribution in [3.05, 3.63) is 58.8 Å². The summed E-state index contributed by atoms with van der Waals surface area (Å²) in [6.07, 6.45) is 5.36. The fourth-order valence-electron chi connectivity index (χ4n) is 4.24. The molecule has 2 aromatic rings. The zero-order chi connectivity index (χ0) is 20.4. The first-order valence-corrected chi connectivity index (χ1v) is 10.4. The van der Waals surface area contributed by atoms with Gasteiger partial charge in [0.15, 0.2) is 11.5 Å². The number of hydrogen-bond donors (Lipinski definition) is 2. The van der Waals surface area contributed by atoms with Crippen LogP contribution in [0.1, 0.15) is 54.6 Å². The van der Waals surface area contributed by atoms with Crippen molar-refractivity contribution in [3.63, 3.8) is 0 Å². The van der Waals surface area contributed by atoms with Crippen LogP contribution in [0.5, 0.6) is 17.2 Å². The molecule has 0 saturated carbocycles. The van der Waals surface area contributed by atoms with E-state index in [4.69, 9.17) is 9.47 Å². The number of aromatic hydroxyl groups is 1. The van der Waals surface area contributed by atoms with Gasteiger partial charge in [0.25, 0.3) is 0 Å². The van der Waals surface area contributed by atoms with Gasteiger partial charge in [0.2, 0.25) is 5.78 Å². The number of nitrogens with one attached hydrogen (secondary N) is 1. The van der Waals surface area contributed by atoms with Gasteiger partial charge in [-0.1, -0.05) is 18.2 Å². The lowest BCUT2D eigenvalue weighted by molar-refractivity contribution is -0.941. The Morgan fingerprint density at radius 3 is 2.86 bits per heavy atom. The molecule has 0 aromatic heterocycles. The number of Topliss-reactive ketones (excluding diaryl/α,β-unsaturated/α-hetero) is 1. The molecule has 2 N–H and O–H groups in total. The molecule has 2 aliphatic rings. The maximum atomic E-state index is 13.0. The largest absolute Gasteiger partial charge is 0.507 e. The number of ketones is 1. The van der Waals surface area contributed by atoms with E-state index in [1.165, 1.54) is 24.2 Å². The first-order valence-electron chi connectivity index (χ1n) is 10.4. The van der Waals surface area contributed by atoms with Crippen LogP contribution in [-0.4, -0.2) is 30.1 Å². The number of benzene rings is 2. The quantitative estimate of drug-likeness (QED) is 0.764. The van der Waals surface area contributed by atoms with Gasteiger partial charge in [-0.2, -0.15) is 0 Å². The number of likely N-dealkylation sites (tertiary alicyclic amines) is 1. The Bertz CT molecular complexity index is 950. The number of hydrogen-bond acceptors (Lipinski definition) is 4. The van der Waals surface area contributed by atoms with Gasteiger partial charge in [-0.3, -0.25) is 4.79 Å². The van der Waals surface area contributed by atoms with E-state index in [-0.39, 0.29) is 17.3 Å². The number of phenols is 1. The van der Waals surface area contributed by atoms with Crippen LogP contribution in [0.2, 0.25) is 0 Å². The van der Waals surface area contributed by atoms with Gasteiger partial charge >= 0.3 is 0 Å². The maximum absolute atomic E-state index is 13.0. The molecule has 1 fully saturated rings. The average Bonchev–Trinajstić information content (AvgIpc) is 3.03. The number of rotatable bonds is 5. The second kappa shape index (κ2) is 8.29. The Morgan fingerprint density at radius 1 is 1.24 bits per heavy atom. The van der Waals surface area contributed by atoms with Crippen molar-refractivity contribution < 1.29 is 24.3 Å². The second-order valence-corrected chi connectivity index (χ2v) is 7.83. The minimum Gasteiger partial charge on any atom is -0.507 e. The highest BCUT2D eigenvalue weighted by Crippen LogP contribution is 2.39. The van der Waals surface area contributed by atoms with Crippen LogP contribution in [0.15, 0.2) is 42.2 Å². The van der Waals surface area contributed by atoms with Crippen LogP contribution in [-0.2, 0) is 6.54 Å².